The van der Waals surface area contributed by atoms with Gasteiger partial charge in [-0.05, 0) is 25.5 Å². The molecule has 1 heterocycles. The van der Waals surface area contributed by atoms with Crippen LogP contribution in [0.25, 0.3) is 0 Å². The van der Waals surface area contributed by atoms with E-state index in [1.807, 2.05) is 6.92 Å². The summed E-state index contributed by atoms with van der Waals surface area (Å²) in [6, 6.07) is 5.01. The Hall–Kier alpha value is -0.960. The number of ether oxygens (including phenoxy) is 1. The molecule has 0 aromatic heterocycles. The second-order valence-corrected chi connectivity index (χ2v) is 9.51. The zero-order valence-electron chi connectivity index (χ0n) is 12.2. The van der Waals surface area contributed by atoms with Gasteiger partial charge in [0.1, 0.15) is 9.84 Å². The quantitative estimate of drug-likeness (QED) is 0.842. The van der Waals surface area contributed by atoms with Crippen LogP contribution >= 0.6 is 0 Å². The maximum atomic E-state index is 12.5. The average molecular weight is 333 g/mol. The number of sulfone groups is 1. The van der Waals surface area contributed by atoms with E-state index >= 15 is 0 Å². The lowest BCUT2D eigenvalue weighted by Gasteiger charge is -2.41. The third kappa shape index (κ3) is 3.82. The van der Waals surface area contributed by atoms with Gasteiger partial charge in [0.15, 0.2) is 0 Å². The summed E-state index contributed by atoms with van der Waals surface area (Å²) in [6.07, 6.45) is 1.08. The Kier molecular flexibility index (Phi) is 4.18. The molecular weight excluding hydrogens is 314 g/mol. The van der Waals surface area contributed by atoms with Gasteiger partial charge in [-0.1, -0.05) is 17.7 Å². The van der Waals surface area contributed by atoms with Crippen LogP contribution in [-0.4, -0.2) is 47.6 Å². The van der Waals surface area contributed by atoms with Crippen molar-refractivity contribution in [1.82, 2.24) is 4.72 Å². The Balaban J connectivity index is 2.32. The molecule has 1 aromatic carbocycles. The Labute approximate surface area is 125 Å². The predicted octanol–water partition coefficient (Wildman–Crippen LogP) is 0.395. The molecule has 0 spiro atoms. The maximum absolute atomic E-state index is 12.5. The second-order valence-electron chi connectivity index (χ2n) is 5.72. The van der Waals surface area contributed by atoms with E-state index in [2.05, 4.69) is 4.72 Å². The van der Waals surface area contributed by atoms with Gasteiger partial charge in [-0.3, -0.25) is 0 Å². The van der Waals surface area contributed by atoms with Crippen LogP contribution < -0.4 is 4.72 Å². The van der Waals surface area contributed by atoms with Crippen LogP contribution in [0.5, 0.6) is 0 Å². The topological polar surface area (TPSA) is 89.5 Å². The van der Waals surface area contributed by atoms with Gasteiger partial charge in [0.05, 0.1) is 29.4 Å². The average Bonchev–Trinajstić information content (AvgIpc) is 2.22. The molecule has 8 heteroatoms. The molecule has 1 N–H and O–H groups in total. The first-order valence-corrected chi connectivity index (χ1v) is 9.94. The first-order valence-electron chi connectivity index (χ1n) is 6.40. The zero-order chi connectivity index (χ0) is 15.9. The van der Waals surface area contributed by atoms with Crippen LogP contribution in [0, 0.1) is 13.8 Å². The molecule has 0 bridgehead atoms. The van der Waals surface area contributed by atoms with Crippen molar-refractivity contribution in [3.63, 3.8) is 0 Å². The minimum atomic E-state index is -3.79. The summed E-state index contributed by atoms with van der Waals surface area (Å²) in [5.74, 6) is -0.274. The molecule has 0 unspecified atom stereocenters. The summed E-state index contributed by atoms with van der Waals surface area (Å²) in [4.78, 5) is 0.160. The maximum Gasteiger partial charge on any atom is 0.241 e. The Morgan fingerprint density at radius 3 is 2.24 bits per heavy atom. The molecule has 0 aliphatic carbocycles. The predicted molar refractivity (Wildman–Crippen MR) is 79.5 cm³/mol. The number of hydrogen-bond acceptors (Lipinski definition) is 5. The molecule has 21 heavy (non-hydrogen) atoms. The van der Waals surface area contributed by atoms with Crippen LogP contribution in [0.15, 0.2) is 23.1 Å². The fourth-order valence-corrected chi connectivity index (χ4v) is 5.40. The summed E-state index contributed by atoms with van der Waals surface area (Å²) in [7, 11) is -7.11. The number of aryl methyl sites for hydroxylation is 2. The van der Waals surface area contributed by atoms with Crippen molar-refractivity contribution in [1.29, 1.82) is 0 Å². The molecule has 0 atom stereocenters. The molecule has 118 valence electrons. The molecule has 0 saturated carbocycles. The lowest BCUT2D eigenvalue weighted by Crippen LogP contribution is -2.65. The minimum Gasteiger partial charge on any atom is -0.377 e. The molecule has 6 nitrogen and oxygen atoms in total. The van der Waals surface area contributed by atoms with E-state index in [1.54, 1.807) is 19.1 Å². The summed E-state index contributed by atoms with van der Waals surface area (Å²) in [6.45, 7) is 3.71. The number of rotatable bonds is 5. The third-order valence-electron chi connectivity index (χ3n) is 3.27. The van der Waals surface area contributed by atoms with Gasteiger partial charge in [0, 0.05) is 6.26 Å². The molecule has 1 aliphatic heterocycles. The van der Waals surface area contributed by atoms with E-state index in [4.69, 9.17) is 4.74 Å². The minimum absolute atomic E-state index is 0.0597. The number of hydrogen-bond donors (Lipinski definition) is 1. The molecule has 0 radical (unpaired) electrons. The Morgan fingerprint density at radius 1 is 1.19 bits per heavy atom. The van der Waals surface area contributed by atoms with E-state index < -0.39 is 25.4 Å². The van der Waals surface area contributed by atoms with Crippen LogP contribution in [0.1, 0.15) is 11.1 Å². The van der Waals surface area contributed by atoms with E-state index in [1.165, 1.54) is 6.07 Å². The van der Waals surface area contributed by atoms with Crippen LogP contribution in [0.4, 0.5) is 0 Å². The van der Waals surface area contributed by atoms with Crippen LogP contribution in [0.3, 0.4) is 0 Å². The summed E-state index contributed by atoms with van der Waals surface area (Å²) in [5, 5.41) is 0. The van der Waals surface area contributed by atoms with E-state index in [-0.39, 0.29) is 23.9 Å². The smallest absolute Gasteiger partial charge is 0.241 e. The van der Waals surface area contributed by atoms with E-state index in [0.717, 1.165) is 11.8 Å². The molecule has 1 aromatic rings. The fourth-order valence-electron chi connectivity index (χ4n) is 2.46. The molecule has 2 rings (SSSR count). The highest BCUT2D eigenvalue weighted by Gasteiger charge is 2.45. The van der Waals surface area contributed by atoms with Crippen molar-refractivity contribution in [2.75, 3.05) is 25.2 Å². The van der Waals surface area contributed by atoms with Crippen molar-refractivity contribution in [2.24, 2.45) is 0 Å². The van der Waals surface area contributed by atoms with E-state index in [9.17, 15) is 16.8 Å². The first kappa shape index (κ1) is 16.4. The summed E-state index contributed by atoms with van der Waals surface area (Å²) >= 11 is 0. The van der Waals surface area contributed by atoms with Crippen molar-refractivity contribution in [3.8, 4) is 0 Å². The SMILES string of the molecule is Cc1ccc(S(=O)(=O)NC2(CS(C)(=O)=O)COC2)c(C)c1. The van der Waals surface area contributed by atoms with Gasteiger partial charge in [-0.25, -0.2) is 16.8 Å². The highest BCUT2D eigenvalue weighted by molar-refractivity contribution is 7.91. The van der Waals surface area contributed by atoms with Gasteiger partial charge in [0.2, 0.25) is 10.0 Å². The summed E-state index contributed by atoms with van der Waals surface area (Å²) in [5.41, 5.74) is 0.519. The number of sulfonamides is 1. The monoisotopic (exact) mass is 333 g/mol. The Morgan fingerprint density at radius 2 is 1.81 bits per heavy atom. The third-order valence-corrected chi connectivity index (χ3v) is 6.08. The van der Waals surface area contributed by atoms with Gasteiger partial charge >= 0.3 is 0 Å². The molecular formula is C13H19NO5S2. The van der Waals surface area contributed by atoms with Gasteiger partial charge in [0.25, 0.3) is 0 Å². The van der Waals surface area contributed by atoms with Crippen LogP contribution in [-0.2, 0) is 24.6 Å². The normalized spacial score (nSPS) is 18.2. The lowest BCUT2D eigenvalue weighted by atomic mass is 10.0. The second kappa shape index (κ2) is 5.35. The zero-order valence-corrected chi connectivity index (χ0v) is 13.8. The van der Waals surface area contributed by atoms with Crippen molar-refractivity contribution < 1.29 is 21.6 Å². The fraction of sp³-hybridized carbons (Fsp3) is 0.538. The van der Waals surface area contributed by atoms with Crippen molar-refractivity contribution in [2.45, 2.75) is 24.3 Å². The van der Waals surface area contributed by atoms with Gasteiger partial charge in [-0.2, -0.15) is 4.72 Å². The standard InChI is InChI=1S/C13H19NO5S2/c1-10-4-5-12(11(2)6-10)21(17,18)14-13(7-19-8-13)9-20(3,15)16/h4-6,14H,7-9H2,1-3H3. The molecule has 1 aliphatic rings. The van der Waals surface area contributed by atoms with Crippen molar-refractivity contribution >= 4 is 19.9 Å². The lowest BCUT2D eigenvalue weighted by molar-refractivity contribution is -0.0503. The highest BCUT2D eigenvalue weighted by Crippen LogP contribution is 2.24. The van der Waals surface area contributed by atoms with Gasteiger partial charge < -0.3 is 4.74 Å². The highest BCUT2D eigenvalue weighted by atomic mass is 32.2. The first-order chi connectivity index (χ1) is 9.53. The Bertz CT molecular complexity index is 749. The van der Waals surface area contributed by atoms with Crippen molar-refractivity contribution in [3.05, 3.63) is 29.3 Å². The number of benzene rings is 1. The van der Waals surface area contributed by atoms with Crippen LogP contribution in [0.2, 0.25) is 0 Å². The largest absolute Gasteiger partial charge is 0.377 e. The number of nitrogens with one attached hydrogen (secondary N) is 1. The molecule has 1 saturated heterocycles. The molecule has 1 fully saturated rings. The molecule has 0 amide bonds. The summed E-state index contributed by atoms with van der Waals surface area (Å²) < 4.78 is 55.5. The van der Waals surface area contributed by atoms with Gasteiger partial charge in [-0.15, -0.1) is 0 Å². The van der Waals surface area contributed by atoms with E-state index in [0.29, 0.717) is 5.56 Å².